The Balaban J connectivity index is 2.24. The number of methoxy groups -OCH3 is 1. The molecule has 0 fully saturated rings. The highest BCUT2D eigenvalue weighted by Crippen LogP contribution is 2.24. The number of nitrogens with one attached hydrogen (secondary N) is 2. The molecule has 2 aromatic rings. The SMILES string of the molecule is CCN(CC)C(CNC(=O)c1ccccc1NS(C)(=O)=O)c1cccc(OC)c1. The molecular weight excluding hydrogens is 390 g/mol. The van der Waals surface area contributed by atoms with Crippen molar-refractivity contribution in [3.05, 3.63) is 59.7 Å². The molecule has 29 heavy (non-hydrogen) atoms. The average Bonchev–Trinajstić information content (AvgIpc) is 2.70. The zero-order valence-electron chi connectivity index (χ0n) is 17.3. The van der Waals surface area contributed by atoms with Gasteiger partial charge in [0, 0.05) is 6.54 Å². The van der Waals surface area contributed by atoms with Gasteiger partial charge in [0.25, 0.3) is 5.91 Å². The molecule has 0 saturated carbocycles. The minimum Gasteiger partial charge on any atom is -0.497 e. The summed E-state index contributed by atoms with van der Waals surface area (Å²) >= 11 is 0. The highest BCUT2D eigenvalue weighted by molar-refractivity contribution is 7.92. The van der Waals surface area contributed by atoms with Crippen LogP contribution in [0.2, 0.25) is 0 Å². The number of ether oxygens (including phenoxy) is 1. The van der Waals surface area contributed by atoms with Crippen LogP contribution in [0.1, 0.15) is 35.8 Å². The number of carbonyl (C=O) groups is 1. The molecular formula is C21H29N3O4S. The summed E-state index contributed by atoms with van der Waals surface area (Å²) in [7, 11) is -1.86. The van der Waals surface area contributed by atoms with E-state index in [1.54, 1.807) is 31.4 Å². The molecule has 0 aliphatic rings. The van der Waals surface area contributed by atoms with Crippen LogP contribution >= 0.6 is 0 Å². The van der Waals surface area contributed by atoms with Crippen LogP contribution in [0, 0.1) is 0 Å². The summed E-state index contributed by atoms with van der Waals surface area (Å²) in [5.74, 6) is 0.422. The van der Waals surface area contributed by atoms with Gasteiger partial charge in [0.1, 0.15) is 5.75 Å². The monoisotopic (exact) mass is 419 g/mol. The lowest BCUT2D eigenvalue weighted by atomic mass is 10.0. The third-order valence-corrected chi connectivity index (χ3v) is 5.25. The van der Waals surface area contributed by atoms with Crippen LogP contribution < -0.4 is 14.8 Å². The van der Waals surface area contributed by atoms with Crippen molar-refractivity contribution in [2.24, 2.45) is 0 Å². The predicted octanol–water partition coefficient (Wildman–Crippen LogP) is 2.88. The summed E-state index contributed by atoms with van der Waals surface area (Å²) < 4.78 is 30.9. The van der Waals surface area contributed by atoms with E-state index in [0.29, 0.717) is 6.54 Å². The topological polar surface area (TPSA) is 87.7 Å². The van der Waals surface area contributed by atoms with Crippen LogP contribution in [0.4, 0.5) is 5.69 Å². The summed E-state index contributed by atoms with van der Waals surface area (Å²) in [5, 5.41) is 2.95. The van der Waals surface area contributed by atoms with Crippen molar-refractivity contribution in [3.63, 3.8) is 0 Å². The van der Waals surface area contributed by atoms with Crippen LogP contribution in [0.5, 0.6) is 5.75 Å². The van der Waals surface area contributed by atoms with Crippen molar-refractivity contribution >= 4 is 21.6 Å². The summed E-state index contributed by atoms with van der Waals surface area (Å²) in [5.41, 5.74) is 1.58. The lowest BCUT2D eigenvalue weighted by Crippen LogP contribution is -2.38. The molecule has 158 valence electrons. The summed E-state index contributed by atoms with van der Waals surface area (Å²) in [6, 6.07) is 14.3. The van der Waals surface area contributed by atoms with Gasteiger partial charge in [-0.25, -0.2) is 8.42 Å². The fourth-order valence-electron chi connectivity index (χ4n) is 3.23. The van der Waals surface area contributed by atoms with E-state index in [1.165, 1.54) is 0 Å². The molecule has 1 unspecified atom stereocenters. The molecule has 0 heterocycles. The van der Waals surface area contributed by atoms with Gasteiger partial charge in [-0.2, -0.15) is 0 Å². The fourth-order valence-corrected chi connectivity index (χ4v) is 3.80. The van der Waals surface area contributed by atoms with E-state index in [4.69, 9.17) is 4.74 Å². The molecule has 0 radical (unpaired) electrons. The zero-order chi connectivity index (χ0) is 21.4. The second kappa shape index (κ2) is 10.3. The zero-order valence-corrected chi connectivity index (χ0v) is 18.1. The Morgan fingerprint density at radius 3 is 2.41 bits per heavy atom. The van der Waals surface area contributed by atoms with Crippen LogP contribution in [0.25, 0.3) is 0 Å². The maximum atomic E-state index is 12.8. The van der Waals surface area contributed by atoms with E-state index in [9.17, 15) is 13.2 Å². The summed E-state index contributed by atoms with van der Waals surface area (Å²) in [6.07, 6.45) is 1.06. The average molecular weight is 420 g/mol. The molecule has 0 saturated heterocycles. The Hall–Kier alpha value is -2.58. The Labute approximate surface area is 173 Å². The maximum absolute atomic E-state index is 12.8. The van der Waals surface area contributed by atoms with Gasteiger partial charge < -0.3 is 10.1 Å². The van der Waals surface area contributed by atoms with Gasteiger partial charge in [-0.15, -0.1) is 0 Å². The van der Waals surface area contributed by atoms with E-state index >= 15 is 0 Å². The Bertz CT molecular complexity index is 927. The molecule has 0 aliphatic carbocycles. The second-order valence-electron chi connectivity index (χ2n) is 6.64. The Morgan fingerprint density at radius 2 is 1.79 bits per heavy atom. The van der Waals surface area contributed by atoms with E-state index in [2.05, 4.69) is 28.8 Å². The standard InChI is InChI=1S/C21H29N3O4S/c1-5-24(6-2)20(16-10-9-11-17(14-16)28-3)15-22-21(25)18-12-7-8-13-19(18)23-29(4,26)27/h7-14,20,23H,5-6,15H2,1-4H3,(H,22,25). The van der Waals surface area contributed by atoms with Crippen molar-refractivity contribution in [2.75, 3.05) is 37.7 Å². The number of carbonyl (C=O) groups excluding carboxylic acids is 1. The highest BCUT2D eigenvalue weighted by Gasteiger charge is 2.21. The first-order valence-corrected chi connectivity index (χ1v) is 11.4. The summed E-state index contributed by atoms with van der Waals surface area (Å²) in [6.45, 7) is 6.16. The predicted molar refractivity (Wildman–Crippen MR) is 116 cm³/mol. The number of amides is 1. The quantitative estimate of drug-likeness (QED) is 0.618. The van der Waals surface area contributed by atoms with Crippen molar-refractivity contribution in [2.45, 2.75) is 19.9 Å². The molecule has 2 aromatic carbocycles. The van der Waals surface area contributed by atoms with E-state index in [0.717, 1.165) is 30.7 Å². The number of likely N-dealkylation sites (N-methyl/N-ethyl adjacent to an activating group) is 1. The third kappa shape index (κ3) is 6.47. The number of anilines is 1. The van der Waals surface area contributed by atoms with Crippen LogP contribution in [-0.4, -0.2) is 52.2 Å². The molecule has 0 aromatic heterocycles. The molecule has 0 spiro atoms. The van der Waals surface area contributed by atoms with Crippen molar-refractivity contribution in [1.82, 2.24) is 10.2 Å². The largest absolute Gasteiger partial charge is 0.497 e. The number of benzene rings is 2. The van der Waals surface area contributed by atoms with Gasteiger partial charge in [-0.05, 0) is 42.9 Å². The Morgan fingerprint density at radius 1 is 1.10 bits per heavy atom. The van der Waals surface area contributed by atoms with Gasteiger partial charge >= 0.3 is 0 Å². The minimum absolute atomic E-state index is 0.0425. The van der Waals surface area contributed by atoms with Crippen LogP contribution in [0.15, 0.2) is 48.5 Å². The fraction of sp³-hybridized carbons (Fsp3) is 0.381. The van der Waals surface area contributed by atoms with Crippen molar-refractivity contribution < 1.29 is 17.9 Å². The number of sulfonamides is 1. The number of para-hydroxylation sites is 1. The second-order valence-corrected chi connectivity index (χ2v) is 8.39. The smallest absolute Gasteiger partial charge is 0.253 e. The van der Waals surface area contributed by atoms with Crippen LogP contribution in [-0.2, 0) is 10.0 Å². The number of rotatable bonds is 10. The molecule has 7 nitrogen and oxygen atoms in total. The van der Waals surface area contributed by atoms with Crippen molar-refractivity contribution in [1.29, 1.82) is 0 Å². The summed E-state index contributed by atoms with van der Waals surface area (Å²) in [4.78, 5) is 15.1. The molecule has 1 atom stereocenters. The molecule has 0 bridgehead atoms. The first-order valence-electron chi connectivity index (χ1n) is 9.52. The van der Waals surface area contributed by atoms with E-state index in [-0.39, 0.29) is 23.2 Å². The molecule has 8 heteroatoms. The first kappa shape index (κ1) is 22.7. The van der Waals surface area contributed by atoms with Crippen molar-refractivity contribution in [3.8, 4) is 5.75 Å². The lowest BCUT2D eigenvalue weighted by Gasteiger charge is -2.30. The molecule has 0 aliphatic heterocycles. The van der Waals surface area contributed by atoms with E-state index in [1.807, 2.05) is 24.3 Å². The minimum atomic E-state index is -3.49. The molecule has 1 amide bonds. The molecule has 2 rings (SSSR count). The van der Waals surface area contributed by atoms with Crippen LogP contribution in [0.3, 0.4) is 0 Å². The van der Waals surface area contributed by atoms with Gasteiger partial charge in [-0.3, -0.25) is 14.4 Å². The first-order chi connectivity index (χ1) is 13.8. The van der Waals surface area contributed by atoms with Gasteiger partial charge in [-0.1, -0.05) is 38.1 Å². The number of hydrogen-bond acceptors (Lipinski definition) is 5. The highest BCUT2D eigenvalue weighted by atomic mass is 32.2. The van der Waals surface area contributed by atoms with Gasteiger partial charge in [0.05, 0.1) is 30.7 Å². The normalized spacial score (nSPS) is 12.4. The number of nitrogens with zero attached hydrogens (tertiary/aromatic N) is 1. The Kier molecular flexibility index (Phi) is 8.04. The van der Waals surface area contributed by atoms with E-state index < -0.39 is 10.0 Å². The maximum Gasteiger partial charge on any atom is 0.253 e. The lowest BCUT2D eigenvalue weighted by molar-refractivity contribution is 0.0936. The molecule has 2 N–H and O–H groups in total. The van der Waals surface area contributed by atoms with Gasteiger partial charge in [0.2, 0.25) is 10.0 Å². The van der Waals surface area contributed by atoms with Gasteiger partial charge in [0.15, 0.2) is 0 Å². The third-order valence-electron chi connectivity index (χ3n) is 4.65. The number of hydrogen-bond donors (Lipinski definition) is 2.